The fraction of sp³-hybridized carbons (Fsp3) is 0.133. The van der Waals surface area contributed by atoms with E-state index in [9.17, 15) is 0 Å². The second-order valence-corrected chi connectivity index (χ2v) is 5.32. The molecule has 5 heteroatoms. The Labute approximate surface area is 121 Å². The van der Waals surface area contributed by atoms with Crippen LogP contribution in [0.2, 0.25) is 0 Å². The topological polar surface area (TPSA) is 60.2 Å². The van der Waals surface area contributed by atoms with Crippen LogP contribution in [0.3, 0.4) is 0 Å². The van der Waals surface area contributed by atoms with Crippen LogP contribution in [0.25, 0.3) is 10.9 Å². The highest BCUT2D eigenvalue weighted by Gasteiger charge is 2.20. The van der Waals surface area contributed by atoms with E-state index >= 15 is 0 Å². The molecule has 0 saturated heterocycles. The zero-order valence-corrected chi connectivity index (χ0v) is 11.9. The summed E-state index contributed by atoms with van der Waals surface area (Å²) < 4.78 is 5.40. The summed E-state index contributed by atoms with van der Waals surface area (Å²) in [6.45, 7) is 0. The third kappa shape index (κ3) is 2.16. The van der Waals surface area contributed by atoms with Crippen molar-refractivity contribution >= 4 is 22.2 Å². The second-order valence-electron chi connectivity index (χ2n) is 4.38. The van der Waals surface area contributed by atoms with Crippen molar-refractivity contribution < 1.29 is 4.74 Å². The van der Waals surface area contributed by atoms with Gasteiger partial charge >= 0.3 is 0 Å². The molecule has 0 bridgehead atoms. The average molecular weight is 285 g/mol. The SMILES string of the molecule is COc1ccsc1C(NN)c1cccc2cccnc12. The van der Waals surface area contributed by atoms with Crippen molar-refractivity contribution in [3.05, 3.63) is 58.4 Å². The summed E-state index contributed by atoms with van der Waals surface area (Å²) in [6.07, 6.45) is 1.80. The summed E-state index contributed by atoms with van der Waals surface area (Å²) in [6, 6.07) is 11.9. The molecule has 1 atom stereocenters. The maximum absolute atomic E-state index is 5.78. The summed E-state index contributed by atoms with van der Waals surface area (Å²) in [5.41, 5.74) is 4.88. The summed E-state index contributed by atoms with van der Waals surface area (Å²) in [4.78, 5) is 5.53. The van der Waals surface area contributed by atoms with Gasteiger partial charge in [-0.2, -0.15) is 0 Å². The number of thiophene rings is 1. The lowest BCUT2D eigenvalue weighted by molar-refractivity contribution is 0.408. The molecule has 0 aliphatic rings. The number of nitrogens with one attached hydrogen (secondary N) is 1. The Morgan fingerprint density at radius 1 is 1.25 bits per heavy atom. The van der Waals surface area contributed by atoms with Gasteiger partial charge in [0.25, 0.3) is 0 Å². The number of nitrogens with zero attached hydrogens (tertiary/aromatic N) is 1. The fourth-order valence-electron chi connectivity index (χ4n) is 2.36. The van der Waals surface area contributed by atoms with Gasteiger partial charge in [0.1, 0.15) is 5.75 Å². The lowest BCUT2D eigenvalue weighted by Gasteiger charge is -2.17. The lowest BCUT2D eigenvalue weighted by atomic mass is 10.0. The quantitative estimate of drug-likeness (QED) is 0.571. The maximum Gasteiger partial charge on any atom is 0.134 e. The number of methoxy groups -OCH3 is 1. The van der Waals surface area contributed by atoms with E-state index < -0.39 is 0 Å². The van der Waals surface area contributed by atoms with Crippen LogP contribution in [0, 0.1) is 0 Å². The summed E-state index contributed by atoms with van der Waals surface area (Å²) >= 11 is 1.61. The first-order valence-electron chi connectivity index (χ1n) is 6.26. The minimum atomic E-state index is -0.136. The highest BCUT2D eigenvalue weighted by molar-refractivity contribution is 7.10. The molecule has 2 aromatic heterocycles. The Hall–Kier alpha value is -1.95. The number of fused-ring (bicyclic) bond motifs is 1. The first kappa shape index (κ1) is 13.1. The van der Waals surface area contributed by atoms with Gasteiger partial charge in [0.2, 0.25) is 0 Å². The average Bonchev–Trinajstić information content (AvgIpc) is 2.97. The molecule has 3 aromatic rings. The molecule has 4 nitrogen and oxygen atoms in total. The van der Waals surface area contributed by atoms with Gasteiger partial charge < -0.3 is 4.74 Å². The zero-order valence-electron chi connectivity index (χ0n) is 11.0. The molecule has 3 N–H and O–H groups in total. The normalized spacial score (nSPS) is 12.5. The number of ether oxygens (including phenoxy) is 1. The molecule has 0 aliphatic heterocycles. The Morgan fingerprint density at radius 3 is 2.90 bits per heavy atom. The van der Waals surface area contributed by atoms with E-state index in [2.05, 4.69) is 10.4 Å². The van der Waals surface area contributed by atoms with E-state index in [0.29, 0.717) is 0 Å². The number of para-hydroxylation sites is 1. The minimum Gasteiger partial charge on any atom is -0.496 e. The van der Waals surface area contributed by atoms with Crippen LogP contribution in [0.5, 0.6) is 5.75 Å². The van der Waals surface area contributed by atoms with Crippen molar-refractivity contribution in [2.75, 3.05) is 7.11 Å². The smallest absolute Gasteiger partial charge is 0.134 e. The van der Waals surface area contributed by atoms with Gasteiger partial charge in [-0.15, -0.1) is 11.3 Å². The maximum atomic E-state index is 5.78. The molecule has 1 aromatic carbocycles. The van der Waals surface area contributed by atoms with Crippen LogP contribution in [-0.2, 0) is 0 Å². The summed E-state index contributed by atoms with van der Waals surface area (Å²) in [5, 5.41) is 3.10. The third-order valence-corrected chi connectivity index (χ3v) is 4.24. The molecule has 0 fully saturated rings. The van der Waals surface area contributed by atoms with Crippen molar-refractivity contribution in [3.63, 3.8) is 0 Å². The highest BCUT2D eigenvalue weighted by Crippen LogP contribution is 2.36. The van der Waals surface area contributed by atoms with Crippen LogP contribution in [0.1, 0.15) is 16.5 Å². The fourth-order valence-corrected chi connectivity index (χ4v) is 3.29. The predicted molar refractivity (Wildman–Crippen MR) is 81.8 cm³/mol. The van der Waals surface area contributed by atoms with Gasteiger partial charge in [-0.05, 0) is 17.5 Å². The number of nitrogens with two attached hydrogens (primary N) is 1. The lowest BCUT2D eigenvalue weighted by Crippen LogP contribution is -2.28. The Bertz CT molecular complexity index is 720. The van der Waals surface area contributed by atoms with Crippen molar-refractivity contribution in [2.45, 2.75) is 6.04 Å². The number of hydrogen-bond donors (Lipinski definition) is 2. The van der Waals surface area contributed by atoms with E-state index in [4.69, 9.17) is 10.6 Å². The van der Waals surface area contributed by atoms with Crippen LogP contribution >= 0.6 is 11.3 Å². The van der Waals surface area contributed by atoms with Crippen molar-refractivity contribution in [1.82, 2.24) is 10.4 Å². The van der Waals surface area contributed by atoms with E-state index in [1.165, 1.54) is 0 Å². The van der Waals surface area contributed by atoms with Crippen LogP contribution in [-0.4, -0.2) is 12.1 Å². The molecule has 0 radical (unpaired) electrons. The van der Waals surface area contributed by atoms with Gasteiger partial charge in [-0.25, -0.2) is 5.43 Å². The van der Waals surface area contributed by atoms with Gasteiger partial charge in [0, 0.05) is 17.1 Å². The third-order valence-electron chi connectivity index (χ3n) is 3.28. The highest BCUT2D eigenvalue weighted by atomic mass is 32.1. The van der Waals surface area contributed by atoms with E-state index in [1.54, 1.807) is 24.6 Å². The van der Waals surface area contributed by atoms with Crippen molar-refractivity contribution in [2.24, 2.45) is 5.84 Å². The predicted octanol–water partition coefficient (Wildman–Crippen LogP) is 2.86. The van der Waals surface area contributed by atoms with E-state index in [1.807, 2.05) is 41.8 Å². The molecule has 0 spiro atoms. The van der Waals surface area contributed by atoms with Gasteiger partial charge in [0.05, 0.1) is 23.5 Å². The monoisotopic (exact) mass is 285 g/mol. The van der Waals surface area contributed by atoms with Gasteiger partial charge in [-0.1, -0.05) is 24.3 Å². The van der Waals surface area contributed by atoms with Crippen molar-refractivity contribution in [1.29, 1.82) is 0 Å². The Morgan fingerprint density at radius 2 is 2.10 bits per heavy atom. The van der Waals surface area contributed by atoms with Crippen molar-refractivity contribution in [3.8, 4) is 5.75 Å². The largest absolute Gasteiger partial charge is 0.496 e. The summed E-state index contributed by atoms with van der Waals surface area (Å²) in [7, 11) is 1.67. The number of benzene rings is 1. The number of pyridine rings is 1. The number of hydrogen-bond acceptors (Lipinski definition) is 5. The summed E-state index contributed by atoms with van der Waals surface area (Å²) in [5.74, 6) is 6.62. The molecule has 0 saturated carbocycles. The molecule has 0 aliphatic carbocycles. The first-order chi connectivity index (χ1) is 9.85. The molecule has 102 valence electrons. The molecule has 0 amide bonds. The van der Waals surface area contributed by atoms with E-state index in [-0.39, 0.29) is 6.04 Å². The number of hydrazine groups is 1. The number of aromatic nitrogens is 1. The van der Waals surface area contributed by atoms with Crippen LogP contribution in [0.4, 0.5) is 0 Å². The molecule has 1 unspecified atom stereocenters. The van der Waals surface area contributed by atoms with Crippen LogP contribution in [0.15, 0.2) is 48.0 Å². The van der Waals surface area contributed by atoms with E-state index in [0.717, 1.165) is 27.1 Å². The molecular formula is C15H15N3OS. The Kier molecular flexibility index (Phi) is 3.64. The molecule has 20 heavy (non-hydrogen) atoms. The Balaban J connectivity index is 2.17. The molecule has 3 rings (SSSR count). The van der Waals surface area contributed by atoms with Gasteiger partial charge in [0.15, 0.2) is 0 Å². The minimum absolute atomic E-state index is 0.136. The second kappa shape index (κ2) is 5.58. The molecule has 2 heterocycles. The zero-order chi connectivity index (χ0) is 13.9. The first-order valence-corrected chi connectivity index (χ1v) is 7.14. The molecular weight excluding hydrogens is 270 g/mol. The van der Waals surface area contributed by atoms with Crippen LogP contribution < -0.4 is 16.0 Å². The number of rotatable bonds is 4. The standard InChI is InChI=1S/C15H15N3OS/c1-19-12-7-9-20-15(12)14(18-16)11-6-2-4-10-5-3-8-17-13(10)11/h2-9,14,18H,16H2,1H3. The van der Waals surface area contributed by atoms with Gasteiger partial charge in [-0.3, -0.25) is 10.8 Å².